The molecule has 0 unspecified atom stereocenters. The summed E-state index contributed by atoms with van der Waals surface area (Å²) in [6.07, 6.45) is 3.16. The third-order valence-electron chi connectivity index (χ3n) is 2.58. The molecule has 0 aliphatic carbocycles. The summed E-state index contributed by atoms with van der Waals surface area (Å²) in [5.41, 5.74) is 6.35. The SMILES string of the molecule is C=CCC[C@H](N)c1cc(OC)c(OC)cc1F.Cl. The lowest BCUT2D eigenvalue weighted by Gasteiger charge is -2.15. The van der Waals surface area contributed by atoms with Crippen molar-refractivity contribution in [1.29, 1.82) is 0 Å². The van der Waals surface area contributed by atoms with Crippen molar-refractivity contribution in [2.75, 3.05) is 14.2 Å². The lowest BCUT2D eigenvalue weighted by Crippen LogP contribution is -2.12. The van der Waals surface area contributed by atoms with E-state index in [0.29, 0.717) is 23.5 Å². The molecule has 0 bridgehead atoms. The Morgan fingerprint density at radius 3 is 2.39 bits per heavy atom. The zero-order valence-electron chi connectivity index (χ0n) is 10.6. The van der Waals surface area contributed by atoms with E-state index in [2.05, 4.69) is 6.58 Å². The molecule has 1 aromatic carbocycles. The predicted octanol–water partition coefficient (Wildman–Crippen LogP) is 3.23. The molecule has 1 aromatic rings. The van der Waals surface area contributed by atoms with E-state index in [4.69, 9.17) is 15.2 Å². The largest absolute Gasteiger partial charge is 0.493 e. The van der Waals surface area contributed by atoms with Gasteiger partial charge in [0.1, 0.15) is 5.82 Å². The molecule has 0 aliphatic rings. The summed E-state index contributed by atoms with van der Waals surface area (Å²) in [6, 6.07) is 2.51. The molecule has 5 heteroatoms. The first-order valence-corrected chi connectivity index (χ1v) is 5.42. The van der Waals surface area contributed by atoms with E-state index in [1.807, 2.05) is 0 Å². The normalized spacial score (nSPS) is 11.3. The topological polar surface area (TPSA) is 44.5 Å². The Kier molecular flexibility index (Phi) is 7.39. The molecule has 0 spiro atoms. The standard InChI is InChI=1S/C13H18FNO2.ClH/c1-4-5-6-11(15)9-7-12(16-2)13(17-3)8-10(9)14;/h4,7-8,11H,1,5-6,15H2,2-3H3;1H/t11-;/m0./s1. The average molecular weight is 276 g/mol. The number of hydrogen-bond acceptors (Lipinski definition) is 3. The van der Waals surface area contributed by atoms with Crippen LogP contribution in [-0.2, 0) is 0 Å². The zero-order chi connectivity index (χ0) is 12.8. The third kappa shape index (κ3) is 3.89. The van der Waals surface area contributed by atoms with Gasteiger partial charge in [-0.15, -0.1) is 19.0 Å². The summed E-state index contributed by atoms with van der Waals surface area (Å²) in [4.78, 5) is 0. The fraction of sp³-hybridized carbons (Fsp3) is 0.385. The minimum absolute atomic E-state index is 0. The highest BCUT2D eigenvalue weighted by Crippen LogP contribution is 2.32. The van der Waals surface area contributed by atoms with Crippen molar-refractivity contribution in [3.05, 3.63) is 36.2 Å². The fourth-order valence-corrected chi connectivity index (χ4v) is 1.61. The van der Waals surface area contributed by atoms with Gasteiger partial charge in [-0.05, 0) is 18.9 Å². The van der Waals surface area contributed by atoms with Gasteiger partial charge in [0, 0.05) is 17.7 Å². The summed E-state index contributed by atoms with van der Waals surface area (Å²) in [6.45, 7) is 3.62. The lowest BCUT2D eigenvalue weighted by molar-refractivity contribution is 0.350. The van der Waals surface area contributed by atoms with Gasteiger partial charge in [-0.1, -0.05) is 6.08 Å². The molecule has 0 fully saturated rings. The Labute approximate surface area is 113 Å². The maximum Gasteiger partial charge on any atom is 0.163 e. The first-order chi connectivity index (χ1) is 8.13. The Bertz CT molecular complexity index is 399. The minimum Gasteiger partial charge on any atom is -0.493 e. The molecule has 18 heavy (non-hydrogen) atoms. The van der Waals surface area contributed by atoms with Crippen LogP contribution in [-0.4, -0.2) is 14.2 Å². The molecular weight excluding hydrogens is 257 g/mol. The monoisotopic (exact) mass is 275 g/mol. The van der Waals surface area contributed by atoms with Crippen molar-refractivity contribution in [2.45, 2.75) is 18.9 Å². The first kappa shape index (κ1) is 16.7. The highest BCUT2D eigenvalue weighted by atomic mass is 35.5. The number of ether oxygens (including phenoxy) is 2. The van der Waals surface area contributed by atoms with E-state index in [1.165, 1.54) is 20.3 Å². The minimum atomic E-state index is -0.376. The summed E-state index contributed by atoms with van der Waals surface area (Å²) in [5.74, 6) is 0.474. The lowest BCUT2D eigenvalue weighted by atomic mass is 10.0. The molecule has 1 rings (SSSR count). The second kappa shape index (κ2) is 7.95. The zero-order valence-corrected chi connectivity index (χ0v) is 11.4. The first-order valence-electron chi connectivity index (χ1n) is 5.42. The molecular formula is C13H19ClFNO2. The van der Waals surface area contributed by atoms with Crippen molar-refractivity contribution in [3.63, 3.8) is 0 Å². The molecule has 3 nitrogen and oxygen atoms in total. The van der Waals surface area contributed by atoms with Crippen LogP contribution in [0.4, 0.5) is 4.39 Å². The summed E-state index contributed by atoms with van der Waals surface area (Å²) in [5, 5.41) is 0. The molecule has 1 atom stereocenters. The Balaban J connectivity index is 0.00000289. The number of hydrogen-bond donors (Lipinski definition) is 1. The summed E-state index contributed by atoms with van der Waals surface area (Å²) < 4.78 is 23.9. The number of benzene rings is 1. The van der Waals surface area contributed by atoms with Crippen LogP contribution >= 0.6 is 12.4 Å². The number of allylic oxidation sites excluding steroid dienone is 1. The van der Waals surface area contributed by atoms with Crippen LogP contribution in [0.1, 0.15) is 24.4 Å². The molecule has 102 valence electrons. The van der Waals surface area contributed by atoms with Gasteiger partial charge >= 0.3 is 0 Å². The van der Waals surface area contributed by atoms with Gasteiger partial charge in [-0.25, -0.2) is 4.39 Å². The van der Waals surface area contributed by atoms with Crippen LogP contribution in [0.25, 0.3) is 0 Å². The Morgan fingerprint density at radius 1 is 1.33 bits per heavy atom. The van der Waals surface area contributed by atoms with Gasteiger partial charge < -0.3 is 15.2 Å². The van der Waals surface area contributed by atoms with Crippen molar-refractivity contribution < 1.29 is 13.9 Å². The second-order valence-corrected chi connectivity index (χ2v) is 3.70. The average Bonchev–Trinajstić information content (AvgIpc) is 2.35. The predicted molar refractivity (Wildman–Crippen MR) is 73.1 cm³/mol. The second-order valence-electron chi connectivity index (χ2n) is 3.70. The van der Waals surface area contributed by atoms with Crippen LogP contribution < -0.4 is 15.2 Å². The van der Waals surface area contributed by atoms with Crippen molar-refractivity contribution in [2.24, 2.45) is 5.73 Å². The Morgan fingerprint density at radius 2 is 1.89 bits per heavy atom. The molecule has 0 saturated carbocycles. The molecule has 0 amide bonds. The van der Waals surface area contributed by atoms with Gasteiger partial charge in [-0.3, -0.25) is 0 Å². The molecule has 0 aliphatic heterocycles. The quantitative estimate of drug-likeness (QED) is 0.811. The molecule has 0 radical (unpaired) electrons. The van der Waals surface area contributed by atoms with Crippen LogP contribution in [0.2, 0.25) is 0 Å². The fourth-order valence-electron chi connectivity index (χ4n) is 1.61. The number of methoxy groups -OCH3 is 2. The van der Waals surface area contributed by atoms with E-state index in [0.717, 1.165) is 6.42 Å². The van der Waals surface area contributed by atoms with Gasteiger partial charge in [0.15, 0.2) is 11.5 Å². The van der Waals surface area contributed by atoms with Crippen LogP contribution in [0.3, 0.4) is 0 Å². The Hall–Kier alpha value is -1.26. The van der Waals surface area contributed by atoms with Gasteiger partial charge in [-0.2, -0.15) is 0 Å². The van der Waals surface area contributed by atoms with Crippen LogP contribution in [0, 0.1) is 5.82 Å². The highest BCUT2D eigenvalue weighted by molar-refractivity contribution is 5.85. The summed E-state index contributed by atoms with van der Waals surface area (Å²) >= 11 is 0. The van der Waals surface area contributed by atoms with E-state index in [9.17, 15) is 4.39 Å². The van der Waals surface area contributed by atoms with Crippen molar-refractivity contribution in [3.8, 4) is 11.5 Å². The maximum absolute atomic E-state index is 13.8. The summed E-state index contributed by atoms with van der Waals surface area (Å²) in [7, 11) is 2.98. The van der Waals surface area contributed by atoms with Crippen LogP contribution in [0.15, 0.2) is 24.8 Å². The molecule has 0 aromatic heterocycles. The van der Waals surface area contributed by atoms with E-state index < -0.39 is 0 Å². The van der Waals surface area contributed by atoms with E-state index in [1.54, 1.807) is 12.1 Å². The molecule has 0 saturated heterocycles. The van der Waals surface area contributed by atoms with E-state index in [-0.39, 0.29) is 24.3 Å². The molecule has 2 N–H and O–H groups in total. The third-order valence-corrected chi connectivity index (χ3v) is 2.58. The number of rotatable bonds is 6. The van der Waals surface area contributed by atoms with Gasteiger partial charge in [0.05, 0.1) is 14.2 Å². The molecule has 0 heterocycles. The van der Waals surface area contributed by atoms with Gasteiger partial charge in [0.2, 0.25) is 0 Å². The maximum atomic E-state index is 13.8. The van der Waals surface area contributed by atoms with Crippen molar-refractivity contribution >= 4 is 12.4 Å². The van der Waals surface area contributed by atoms with Crippen molar-refractivity contribution in [1.82, 2.24) is 0 Å². The van der Waals surface area contributed by atoms with Crippen LogP contribution in [0.5, 0.6) is 11.5 Å². The highest BCUT2D eigenvalue weighted by Gasteiger charge is 2.15. The van der Waals surface area contributed by atoms with E-state index >= 15 is 0 Å². The number of halogens is 2. The number of nitrogens with two attached hydrogens (primary N) is 1. The van der Waals surface area contributed by atoms with Gasteiger partial charge in [0.25, 0.3) is 0 Å². The smallest absolute Gasteiger partial charge is 0.163 e.